The van der Waals surface area contributed by atoms with Crippen LogP contribution in [0.15, 0.2) is 102 Å². The van der Waals surface area contributed by atoms with Crippen LogP contribution in [0.4, 0.5) is 11.4 Å². The molecule has 4 aromatic rings. The van der Waals surface area contributed by atoms with Crippen LogP contribution in [0.1, 0.15) is 6.92 Å². The van der Waals surface area contributed by atoms with E-state index in [1.54, 1.807) is 43.3 Å². The summed E-state index contributed by atoms with van der Waals surface area (Å²) in [6.45, 7) is 1.65. The van der Waals surface area contributed by atoms with E-state index in [-0.39, 0.29) is 10.8 Å². The van der Waals surface area contributed by atoms with Gasteiger partial charge < -0.3 is 10.1 Å². The summed E-state index contributed by atoms with van der Waals surface area (Å²) in [5, 5.41) is 4.49. The van der Waals surface area contributed by atoms with Gasteiger partial charge in [-0.1, -0.05) is 54.6 Å². The van der Waals surface area contributed by atoms with Gasteiger partial charge in [-0.05, 0) is 54.8 Å². The number of sulfonamides is 1. The van der Waals surface area contributed by atoms with Crippen LogP contribution in [-0.2, 0) is 14.8 Å². The lowest BCUT2D eigenvalue weighted by Crippen LogP contribution is -2.30. The van der Waals surface area contributed by atoms with Gasteiger partial charge in [-0.2, -0.15) is 0 Å². The summed E-state index contributed by atoms with van der Waals surface area (Å²) < 4.78 is 34.0. The van der Waals surface area contributed by atoms with Crippen molar-refractivity contribution in [1.82, 2.24) is 0 Å². The Labute approximate surface area is 186 Å². The van der Waals surface area contributed by atoms with Crippen LogP contribution in [0.25, 0.3) is 10.8 Å². The number of hydrogen-bond donors (Lipinski definition) is 2. The molecule has 0 aliphatic heterocycles. The van der Waals surface area contributed by atoms with Gasteiger partial charge in [-0.15, -0.1) is 0 Å². The van der Waals surface area contributed by atoms with Crippen molar-refractivity contribution in [1.29, 1.82) is 0 Å². The van der Waals surface area contributed by atoms with E-state index < -0.39 is 16.1 Å². The standard InChI is InChI=1S/C25H22N2O4S/c1-18(31-21-10-3-2-4-11-21)25(28)26-20-14-16-22(17-15-20)32(29,30)27-24-13-7-9-19-8-5-6-12-23(19)24/h2-18,27H,1H3,(H,26,28). The number of carbonyl (C=O) groups is 1. The van der Waals surface area contributed by atoms with Gasteiger partial charge in [0.15, 0.2) is 6.10 Å². The normalized spacial score (nSPS) is 12.2. The van der Waals surface area contributed by atoms with E-state index in [9.17, 15) is 13.2 Å². The Bertz CT molecular complexity index is 1330. The molecule has 2 N–H and O–H groups in total. The molecule has 0 bridgehead atoms. The third-order valence-corrected chi connectivity index (χ3v) is 6.27. The molecule has 4 aromatic carbocycles. The van der Waals surface area contributed by atoms with Crippen LogP contribution < -0.4 is 14.8 Å². The molecule has 0 heterocycles. The summed E-state index contributed by atoms with van der Waals surface area (Å²) in [5.41, 5.74) is 0.981. The van der Waals surface area contributed by atoms with E-state index in [0.717, 1.165) is 10.8 Å². The maximum atomic E-state index is 12.9. The molecule has 7 heteroatoms. The number of fused-ring (bicyclic) bond motifs is 1. The molecule has 1 atom stereocenters. The van der Waals surface area contributed by atoms with Crippen molar-refractivity contribution < 1.29 is 17.9 Å². The van der Waals surface area contributed by atoms with Crippen molar-refractivity contribution in [2.75, 3.05) is 10.0 Å². The molecule has 0 aromatic heterocycles. The number of carbonyl (C=O) groups excluding carboxylic acids is 1. The monoisotopic (exact) mass is 446 g/mol. The first-order valence-corrected chi connectivity index (χ1v) is 11.5. The smallest absolute Gasteiger partial charge is 0.265 e. The fourth-order valence-electron chi connectivity index (χ4n) is 3.24. The van der Waals surface area contributed by atoms with Gasteiger partial charge in [0.25, 0.3) is 15.9 Å². The molecule has 0 radical (unpaired) electrons. The van der Waals surface area contributed by atoms with E-state index >= 15 is 0 Å². The molecule has 0 saturated heterocycles. The molecule has 0 aliphatic carbocycles. The first-order valence-electron chi connectivity index (χ1n) is 10.1. The summed E-state index contributed by atoms with van der Waals surface area (Å²) in [5.74, 6) is 0.259. The van der Waals surface area contributed by atoms with E-state index in [0.29, 0.717) is 17.1 Å². The molecule has 0 fully saturated rings. The van der Waals surface area contributed by atoms with Crippen LogP contribution in [0.5, 0.6) is 5.75 Å². The SMILES string of the molecule is CC(Oc1ccccc1)C(=O)Nc1ccc(S(=O)(=O)Nc2cccc3ccccc23)cc1. The Morgan fingerprint density at radius 3 is 2.22 bits per heavy atom. The molecule has 4 rings (SSSR count). The zero-order valence-electron chi connectivity index (χ0n) is 17.4. The van der Waals surface area contributed by atoms with Gasteiger partial charge >= 0.3 is 0 Å². The minimum absolute atomic E-state index is 0.0945. The number of para-hydroxylation sites is 1. The molecule has 0 aliphatic rings. The number of rotatable bonds is 7. The summed E-state index contributed by atoms with van der Waals surface area (Å²) in [6.07, 6.45) is -0.714. The quantitative estimate of drug-likeness (QED) is 0.416. The lowest BCUT2D eigenvalue weighted by Gasteiger charge is -2.15. The average Bonchev–Trinajstić information content (AvgIpc) is 2.80. The zero-order chi connectivity index (χ0) is 22.6. The highest BCUT2D eigenvalue weighted by atomic mass is 32.2. The second kappa shape index (κ2) is 9.11. The van der Waals surface area contributed by atoms with Crippen molar-refractivity contribution in [3.05, 3.63) is 97.1 Å². The zero-order valence-corrected chi connectivity index (χ0v) is 18.2. The fourth-order valence-corrected chi connectivity index (χ4v) is 4.32. The number of nitrogens with one attached hydrogen (secondary N) is 2. The second-order valence-corrected chi connectivity index (χ2v) is 8.90. The van der Waals surface area contributed by atoms with Gasteiger partial charge in [0, 0.05) is 11.1 Å². The first-order chi connectivity index (χ1) is 15.4. The van der Waals surface area contributed by atoms with Gasteiger partial charge in [-0.3, -0.25) is 9.52 Å². The fraction of sp³-hybridized carbons (Fsp3) is 0.0800. The Kier molecular flexibility index (Phi) is 6.09. The minimum atomic E-state index is -3.79. The Morgan fingerprint density at radius 2 is 1.47 bits per heavy atom. The number of anilines is 2. The molecule has 0 spiro atoms. The van der Waals surface area contributed by atoms with Gasteiger partial charge in [0.2, 0.25) is 0 Å². The second-order valence-electron chi connectivity index (χ2n) is 7.22. The van der Waals surface area contributed by atoms with Crippen LogP contribution >= 0.6 is 0 Å². The van der Waals surface area contributed by atoms with Crippen molar-refractivity contribution >= 4 is 38.1 Å². The topological polar surface area (TPSA) is 84.5 Å². The van der Waals surface area contributed by atoms with Crippen LogP contribution in [0.3, 0.4) is 0 Å². The number of amides is 1. The van der Waals surface area contributed by atoms with Crippen molar-refractivity contribution in [2.24, 2.45) is 0 Å². The summed E-state index contributed by atoms with van der Waals surface area (Å²) in [4.78, 5) is 12.5. The number of hydrogen-bond acceptors (Lipinski definition) is 4. The highest BCUT2D eigenvalue weighted by molar-refractivity contribution is 7.92. The maximum Gasteiger partial charge on any atom is 0.265 e. The molecule has 1 unspecified atom stereocenters. The van der Waals surface area contributed by atoms with Crippen molar-refractivity contribution in [3.63, 3.8) is 0 Å². The largest absolute Gasteiger partial charge is 0.481 e. The van der Waals surface area contributed by atoms with E-state index in [4.69, 9.17) is 4.74 Å². The number of ether oxygens (including phenoxy) is 1. The highest BCUT2D eigenvalue weighted by Gasteiger charge is 2.17. The van der Waals surface area contributed by atoms with Crippen LogP contribution in [0.2, 0.25) is 0 Å². The Morgan fingerprint density at radius 1 is 0.812 bits per heavy atom. The first kappa shape index (κ1) is 21.4. The molecule has 0 saturated carbocycles. The third kappa shape index (κ3) is 4.90. The summed E-state index contributed by atoms with van der Waals surface area (Å²) >= 11 is 0. The average molecular weight is 447 g/mol. The summed E-state index contributed by atoms with van der Waals surface area (Å²) in [6, 6.07) is 28.1. The predicted octanol–water partition coefficient (Wildman–Crippen LogP) is 5.05. The summed E-state index contributed by atoms with van der Waals surface area (Å²) in [7, 11) is -3.79. The lowest BCUT2D eigenvalue weighted by molar-refractivity contribution is -0.122. The Hall–Kier alpha value is -3.84. The molecule has 162 valence electrons. The Balaban J connectivity index is 1.45. The molecular weight excluding hydrogens is 424 g/mol. The third-order valence-electron chi connectivity index (χ3n) is 4.89. The van der Waals surface area contributed by atoms with E-state index in [1.165, 1.54) is 12.1 Å². The van der Waals surface area contributed by atoms with Gasteiger partial charge in [0.1, 0.15) is 5.75 Å². The maximum absolute atomic E-state index is 12.9. The van der Waals surface area contributed by atoms with Crippen molar-refractivity contribution in [3.8, 4) is 5.75 Å². The minimum Gasteiger partial charge on any atom is -0.481 e. The number of benzene rings is 4. The van der Waals surface area contributed by atoms with Crippen molar-refractivity contribution in [2.45, 2.75) is 17.9 Å². The molecule has 1 amide bonds. The van der Waals surface area contributed by atoms with E-state index in [1.807, 2.05) is 48.5 Å². The molecule has 32 heavy (non-hydrogen) atoms. The van der Waals surface area contributed by atoms with Gasteiger partial charge in [0.05, 0.1) is 10.6 Å². The lowest BCUT2D eigenvalue weighted by atomic mass is 10.1. The van der Waals surface area contributed by atoms with E-state index in [2.05, 4.69) is 10.0 Å². The van der Waals surface area contributed by atoms with Crippen LogP contribution in [-0.4, -0.2) is 20.4 Å². The highest BCUT2D eigenvalue weighted by Crippen LogP contribution is 2.26. The van der Waals surface area contributed by atoms with Crippen LogP contribution in [0, 0.1) is 0 Å². The molecular formula is C25H22N2O4S. The molecule has 6 nitrogen and oxygen atoms in total. The van der Waals surface area contributed by atoms with Gasteiger partial charge in [-0.25, -0.2) is 8.42 Å². The predicted molar refractivity (Wildman–Crippen MR) is 126 cm³/mol.